The highest BCUT2D eigenvalue weighted by Gasteiger charge is 1.92. The monoisotopic (exact) mass is 242 g/mol. The molecule has 0 aliphatic carbocycles. The first-order chi connectivity index (χ1) is 8.88. The molecule has 1 aromatic carbocycles. The zero-order chi connectivity index (χ0) is 12.6. The molecular formula is C15H18N2O. The van der Waals surface area contributed by atoms with Crippen LogP contribution in [0.2, 0.25) is 0 Å². The molecule has 0 bridgehead atoms. The average Bonchev–Trinajstić information content (AvgIpc) is 2.92. The number of ether oxygens (including phenoxy) is 1. The predicted molar refractivity (Wildman–Crippen MR) is 72.7 cm³/mol. The van der Waals surface area contributed by atoms with Gasteiger partial charge in [-0.25, -0.2) is 4.98 Å². The van der Waals surface area contributed by atoms with Crippen LogP contribution in [0.4, 0.5) is 0 Å². The van der Waals surface area contributed by atoms with Gasteiger partial charge in [-0.2, -0.15) is 0 Å². The molecule has 0 aliphatic heterocycles. The van der Waals surface area contributed by atoms with Crippen LogP contribution in [-0.4, -0.2) is 16.2 Å². The van der Waals surface area contributed by atoms with Crippen molar-refractivity contribution in [2.24, 2.45) is 0 Å². The summed E-state index contributed by atoms with van der Waals surface area (Å²) in [5.74, 6) is 0.916. The number of imidazole rings is 1. The molecule has 18 heavy (non-hydrogen) atoms. The molecule has 0 N–H and O–H groups in total. The maximum atomic E-state index is 5.61. The van der Waals surface area contributed by atoms with E-state index in [-0.39, 0.29) is 0 Å². The third kappa shape index (κ3) is 3.77. The van der Waals surface area contributed by atoms with Crippen molar-refractivity contribution in [1.29, 1.82) is 0 Å². The number of allylic oxidation sites excluding steroid dienone is 1. The van der Waals surface area contributed by atoms with Crippen molar-refractivity contribution in [3.05, 3.63) is 60.7 Å². The predicted octanol–water partition coefficient (Wildman–Crippen LogP) is 3.08. The summed E-state index contributed by atoms with van der Waals surface area (Å²) in [6.07, 6.45) is 10.7. The summed E-state index contributed by atoms with van der Waals surface area (Å²) in [6, 6.07) is 8.24. The van der Waals surface area contributed by atoms with E-state index in [4.69, 9.17) is 4.74 Å². The molecule has 94 valence electrons. The summed E-state index contributed by atoms with van der Waals surface area (Å²) in [7, 11) is 0. The van der Waals surface area contributed by atoms with Crippen molar-refractivity contribution in [2.75, 3.05) is 6.61 Å². The van der Waals surface area contributed by atoms with Gasteiger partial charge in [0.05, 0.1) is 6.33 Å². The summed E-state index contributed by atoms with van der Waals surface area (Å²) in [4.78, 5) is 3.98. The summed E-state index contributed by atoms with van der Waals surface area (Å²) in [6.45, 7) is 3.58. The van der Waals surface area contributed by atoms with Crippen LogP contribution in [0, 0.1) is 0 Å². The van der Waals surface area contributed by atoms with E-state index in [9.17, 15) is 0 Å². The molecule has 0 aliphatic rings. The van der Waals surface area contributed by atoms with E-state index < -0.39 is 0 Å². The lowest BCUT2D eigenvalue weighted by atomic mass is 10.2. The Kier molecular flexibility index (Phi) is 4.59. The topological polar surface area (TPSA) is 27.1 Å². The van der Waals surface area contributed by atoms with Gasteiger partial charge in [0, 0.05) is 18.9 Å². The summed E-state index contributed by atoms with van der Waals surface area (Å²) >= 11 is 0. The van der Waals surface area contributed by atoms with Crippen molar-refractivity contribution < 1.29 is 4.74 Å². The molecule has 3 nitrogen and oxygen atoms in total. The number of hydrogen-bond donors (Lipinski definition) is 0. The SMILES string of the molecule is CCc1ccc(OC/C=C/Cn2ccnc2)cc1. The molecule has 0 amide bonds. The van der Waals surface area contributed by atoms with E-state index >= 15 is 0 Å². The molecule has 0 saturated heterocycles. The number of benzene rings is 1. The van der Waals surface area contributed by atoms with E-state index in [0.29, 0.717) is 6.61 Å². The Bertz CT molecular complexity index is 472. The minimum Gasteiger partial charge on any atom is -0.490 e. The lowest BCUT2D eigenvalue weighted by molar-refractivity contribution is 0.362. The van der Waals surface area contributed by atoms with Crippen LogP contribution in [0.3, 0.4) is 0 Å². The smallest absolute Gasteiger partial charge is 0.119 e. The quantitative estimate of drug-likeness (QED) is 0.728. The first kappa shape index (κ1) is 12.4. The maximum absolute atomic E-state index is 5.61. The molecule has 0 saturated carbocycles. The molecule has 0 fully saturated rings. The Morgan fingerprint density at radius 1 is 1.22 bits per heavy atom. The molecule has 1 aromatic heterocycles. The number of aromatic nitrogens is 2. The van der Waals surface area contributed by atoms with Gasteiger partial charge in [0.1, 0.15) is 12.4 Å². The molecule has 0 spiro atoms. The molecule has 2 aromatic rings. The van der Waals surface area contributed by atoms with Gasteiger partial charge in [-0.15, -0.1) is 0 Å². The van der Waals surface area contributed by atoms with Gasteiger partial charge in [0.2, 0.25) is 0 Å². The van der Waals surface area contributed by atoms with Crippen LogP contribution in [-0.2, 0) is 13.0 Å². The minimum atomic E-state index is 0.597. The summed E-state index contributed by atoms with van der Waals surface area (Å²) in [5.41, 5.74) is 1.33. The van der Waals surface area contributed by atoms with Crippen LogP contribution in [0.25, 0.3) is 0 Å². The second-order valence-corrected chi connectivity index (χ2v) is 4.04. The van der Waals surface area contributed by atoms with Crippen molar-refractivity contribution in [2.45, 2.75) is 19.9 Å². The zero-order valence-electron chi connectivity index (χ0n) is 10.6. The average molecular weight is 242 g/mol. The lowest BCUT2D eigenvalue weighted by Gasteiger charge is -2.03. The third-order valence-electron chi connectivity index (χ3n) is 2.72. The summed E-state index contributed by atoms with van der Waals surface area (Å²) < 4.78 is 7.62. The minimum absolute atomic E-state index is 0.597. The van der Waals surface area contributed by atoms with Crippen molar-refractivity contribution >= 4 is 0 Å². The maximum Gasteiger partial charge on any atom is 0.119 e. The van der Waals surface area contributed by atoms with Crippen molar-refractivity contribution in [3.63, 3.8) is 0 Å². The van der Waals surface area contributed by atoms with E-state index in [1.165, 1.54) is 5.56 Å². The van der Waals surface area contributed by atoms with E-state index in [2.05, 4.69) is 30.1 Å². The van der Waals surface area contributed by atoms with Crippen molar-refractivity contribution in [3.8, 4) is 5.75 Å². The fourth-order valence-electron chi connectivity index (χ4n) is 1.62. The largest absolute Gasteiger partial charge is 0.490 e. The highest BCUT2D eigenvalue weighted by molar-refractivity contribution is 5.27. The first-order valence-electron chi connectivity index (χ1n) is 6.21. The van der Waals surface area contributed by atoms with Gasteiger partial charge in [0.15, 0.2) is 0 Å². The number of nitrogens with zero attached hydrogens (tertiary/aromatic N) is 2. The van der Waals surface area contributed by atoms with Crippen LogP contribution in [0.15, 0.2) is 55.1 Å². The summed E-state index contributed by atoms with van der Waals surface area (Å²) in [5, 5.41) is 0. The normalized spacial score (nSPS) is 10.9. The van der Waals surface area contributed by atoms with Gasteiger partial charge >= 0.3 is 0 Å². The van der Waals surface area contributed by atoms with Crippen LogP contribution < -0.4 is 4.74 Å². The second-order valence-electron chi connectivity index (χ2n) is 4.04. The third-order valence-corrected chi connectivity index (χ3v) is 2.72. The molecule has 1 heterocycles. The fraction of sp³-hybridized carbons (Fsp3) is 0.267. The van der Waals surface area contributed by atoms with E-state index in [0.717, 1.165) is 18.7 Å². The molecule has 3 heteroatoms. The van der Waals surface area contributed by atoms with E-state index in [1.54, 1.807) is 12.5 Å². The lowest BCUT2D eigenvalue weighted by Crippen LogP contribution is -1.95. The Balaban J connectivity index is 1.72. The molecular weight excluding hydrogens is 224 g/mol. The highest BCUT2D eigenvalue weighted by atomic mass is 16.5. The van der Waals surface area contributed by atoms with Gasteiger partial charge in [-0.1, -0.05) is 25.1 Å². The van der Waals surface area contributed by atoms with Gasteiger partial charge in [0.25, 0.3) is 0 Å². The number of rotatable bonds is 6. The molecule has 0 radical (unpaired) electrons. The Morgan fingerprint density at radius 2 is 2.06 bits per heavy atom. The number of aryl methyl sites for hydroxylation is 1. The Hall–Kier alpha value is -2.03. The van der Waals surface area contributed by atoms with Crippen molar-refractivity contribution in [1.82, 2.24) is 9.55 Å². The van der Waals surface area contributed by atoms with Gasteiger partial charge < -0.3 is 9.30 Å². The number of hydrogen-bond acceptors (Lipinski definition) is 2. The second kappa shape index (κ2) is 6.64. The molecule has 2 rings (SSSR count). The van der Waals surface area contributed by atoms with Gasteiger partial charge in [-0.3, -0.25) is 0 Å². The van der Waals surface area contributed by atoms with Crippen LogP contribution in [0.5, 0.6) is 5.75 Å². The molecule has 0 atom stereocenters. The fourth-order valence-corrected chi connectivity index (χ4v) is 1.62. The molecule has 0 unspecified atom stereocenters. The van der Waals surface area contributed by atoms with E-state index in [1.807, 2.05) is 29.0 Å². The van der Waals surface area contributed by atoms with Gasteiger partial charge in [-0.05, 0) is 30.2 Å². The Morgan fingerprint density at radius 3 is 2.72 bits per heavy atom. The van der Waals surface area contributed by atoms with Crippen LogP contribution >= 0.6 is 0 Å². The zero-order valence-corrected chi connectivity index (χ0v) is 10.6. The highest BCUT2D eigenvalue weighted by Crippen LogP contribution is 2.12. The van der Waals surface area contributed by atoms with Crippen LogP contribution in [0.1, 0.15) is 12.5 Å². The first-order valence-corrected chi connectivity index (χ1v) is 6.21. The Labute approximate surface area is 108 Å². The standard InChI is InChI=1S/C15H18N2O/c1-2-14-5-7-15(8-6-14)18-12-4-3-10-17-11-9-16-13-17/h3-9,11,13H,2,10,12H2,1H3/b4-3+.